The number of nitro groups is 1. The predicted molar refractivity (Wildman–Crippen MR) is 80.3 cm³/mol. The standard InChI is InChI=1S/C11H19N5O4S/c1-4-5-12-10-9(16(17)18)11(14-7-13-10)15-8(2)6-21(3,19)20/h7-8H,4-6H2,1-3H3,(H2,12,13,14,15). The summed E-state index contributed by atoms with van der Waals surface area (Å²) in [6.07, 6.45) is 3.09. The van der Waals surface area contributed by atoms with Crippen molar-refractivity contribution in [3.05, 3.63) is 16.4 Å². The first-order valence-corrected chi connectivity index (χ1v) is 8.48. The van der Waals surface area contributed by atoms with Crippen LogP contribution in [0.4, 0.5) is 17.3 Å². The largest absolute Gasteiger partial charge is 0.364 e. The predicted octanol–water partition coefficient (Wildman–Crippen LogP) is 1.05. The molecule has 21 heavy (non-hydrogen) atoms. The highest BCUT2D eigenvalue weighted by molar-refractivity contribution is 7.90. The molecule has 0 bridgehead atoms. The maximum Gasteiger partial charge on any atom is 0.353 e. The fraction of sp³-hybridized carbons (Fsp3) is 0.636. The van der Waals surface area contributed by atoms with E-state index in [1.165, 1.54) is 6.33 Å². The number of hydrogen-bond donors (Lipinski definition) is 2. The van der Waals surface area contributed by atoms with Gasteiger partial charge in [0.05, 0.1) is 10.7 Å². The molecule has 118 valence electrons. The number of sulfone groups is 1. The Bertz CT molecular complexity index is 605. The summed E-state index contributed by atoms with van der Waals surface area (Å²) in [6.45, 7) is 4.08. The third kappa shape index (κ3) is 5.50. The molecule has 9 nitrogen and oxygen atoms in total. The number of rotatable bonds is 8. The zero-order chi connectivity index (χ0) is 16.0. The second-order valence-corrected chi connectivity index (χ2v) is 6.93. The van der Waals surface area contributed by atoms with Crippen LogP contribution in [-0.2, 0) is 9.84 Å². The molecule has 2 N–H and O–H groups in total. The number of anilines is 2. The molecule has 0 fully saturated rings. The normalized spacial score (nSPS) is 12.7. The van der Waals surface area contributed by atoms with Crippen molar-refractivity contribution in [2.45, 2.75) is 26.3 Å². The first-order valence-electron chi connectivity index (χ1n) is 6.42. The van der Waals surface area contributed by atoms with Gasteiger partial charge in [-0.1, -0.05) is 6.92 Å². The third-order valence-electron chi connectivity index (χ3n) is 2.48. The van der Waals surface area contributed by atoms with Crippen LogP contribution in [0.5, 0.6) is 0 Å². The first-order chi connectivity index (χ1) is 9.74. The quantitative estimate of drug-likeness (QED) is 0.538. The Morgan fingerprint density at radius 1 is 1.38 bits per heavy atom. The Hall–Kier alpha value is -1.97. The van der Waals surface area contributed by atoms with Crippen LogP contribution in [0.25, 0.3) is 0 Å². The summed E-state index contributed by atoms with van der Waals surface area (Å²) in [6, 6.07) is -0.507. The SMILES string of the molecule is CCCNc1ncnc(NC(C)CS(C)(=O)=O)c1[N+](=O)[O-]. The Balaban J connectivity index is 3.03. The van der Waals surface area contributed by atoms with Gasteiger partial charge in [0.25, 0.3) is 0 Å². The number of nitrogens with one attached hydrogen (secondary N) is 2. The average molecular weight is 317 g/mol. The maximum absolute atomic E-state index is 11.2. The fourth-order valence-electron chi connectivity index (χ4n) is 1.76. The minimum Gasteiger partial charge on any atom is -0.364 e. The minimum absolute atomic E-state index is 0.00440. The number of aromatic nitrogens is 2. The van der Waals surface area contributed by atoms with Crippen LogP contribution in [0, 0.1) is 10.1 Å². The molecule has 1 heterocycles. The van der Waals surface area contributed by atoms with Crippen LogP contribution >= 0.6 is 0 Å². The van der Waals surface area contributed by atoms with Gasteiger partial charge in [-0.3, -0.25) is 10.1 Å². The molecule has 0 amide bonds. The molecular weight excluding hydrogens is 298 g/mol. The van der Waals surface area contributed by atoms with Gasteiger partial charge < -0.3 is 10.6 Å². The Labute approximate surface area is 123 Å². The minimum atomic E-state index is -3.19. The van der Waals surface area contributed by atoms with Gasteiger partial charge in [0, 0.05) is 18.8 Å². The summed E-state index contributed by atoms with van der Waals surface area (Å²) >= 11 is 0. The van der Waals surface area contributed by atoms with E-state index in [-0.39, 0.29) is 23.1 Å². The second-order valence-electron chi connectivity index (χ2n) is 4.74. The molecule has 1 aromatic rings. The molecule has 0 aliphatic rings. The first kappa shape index (κ1) is 17.1. The zero-order valence-electron chi connectivity index (χ0n) is 12.2. The lowest BCUT2D eigenvalue weighted by Gasteiger charge is -2.14. The molecule has 1 rings (SSSR count). The smallest absolute Gasteiger partial charge is 0.353 e. The van der Waals surface area contributed by atoms with E-state index in [2.05, 4.69) is 20.6 Å². The lowest BCUT2D eigenvalue weighted by atomic mass is 10.3. The van der Waals surface area contributed by atoms with Crippen LogP contribution in [0.2, 0.25) is 0 Å². The van der Waals surface area contributed by atoms with E-state index in [0.29, 0.717) is 6.54 Å². The Morgan fingerprint density at radius 3 is 2.52 bits per heavy atom. The number of nitrogens with zero attached hydrogens (tertiary/aromatic N) is 3. The molecular formula is C11H19N5O4S. The summed E-state index contributed by atoms with van der Waals surface area (Å²) in [4.78, 5) is 18.3. The van der Waals surface area contributed by atoms with Gasteiger partial charge in [-0.25, -0.2) is 18.4 Å². The number of hydrogen-bond acceptors (Lipinski definition) is 8. The van der Waals surface area contributed by atoms with Crippen molar-refractivity contribution in [2.75, 3.05) is 29.2 Å². The van der Waals surface area contributed by atoms with Crippen molar-refractivity contribution < 1.29 is 13.3 Å². The lowest BCUT2D eigenvalue weighted by molar-refractivity contribution is -0.383. The van der Waals surface area contributed by atoms with E-state index in [4.69, 9.17) is 0 Å². The van der Waals surface area contributed by atoms with Crippen LogP contribution in [-0.4, -0.2) is 47.9 Å². The molecule has 1 unspecified atom stereocenters. The van der Waals surface area contributed by atoms with Crippen molar-refractivity contribution in [3.8, 4) is 0 Å². The molecule has 0 aliphatic carbocycles. The van der Waals surface area contributed by atoms with Gasteiger partial charge in [0.2, 0.25) is 11.6 Å². The fourth-order valence-corrected chi connectivity index (χ4v) is 2.75. The van der Waals surface area contributed by atoms with Crippen molar-refractivity contribution in [2.24, 2.45) is 0 Å². The molecule has 1 atom stereocenters. The highest BCUT2D eigenvalue weighted by atomic mass is 32.2. The van der Waals surface area contributed by atoms with Crippen LogP contribution in [0.3, 0.4) is 0 Å². The molecule has 0 saturated carbocycles. The van der Waals surface area contributed by atoms with E-state index in [0.717, 1.165) is 12.7 Å². The van der Waals surface area contributed by atoms with Crippen LogP contribution in [0.15, 0.2) is 6.33 Å². The van der Waals surface area contributed by atoms with Gasteiger partial charge in [-0.05, 0) is 13.3 Å². The van der Waals surface area contributed by atoms with E-state index in [1.807, 2.05) is 6.92 Å². The zero-order valence-corrected chi connectivity index (χ0v) is 13.0. The molecule has 0 aromatic carbocycles. The molecule has 10 heteroatoms. The maximum atomic E-state index is 11.2. The Morgan fingerprint density at radius 2 is 2.00 bits per heavy atom. The summed E-state index contributed by atoms with van der Waals surface area (Å²) in [5.74, 6) is -0.0260. The van der Waals surface area contributed by atoms with Gasteiger partial charge in [-0.15, -0.1) is 0 Å². The highest BCUT2D eigenvalue weighted by Gasteiger charge is 2.24. The van der Waals surface area contributed by atoms with Gasteiger partial charge in [-0.2, -0.15) is 0 Å². The van der Waals surface area contributed by atoms with E-state index < -0.39 is 20.8 Å². The third-order valence-corrected chi connectivity index (χ3v) is 3.59. The molecule has 0 aliphatic heterocycles. The summed E-state index contributed by atoms with van der Waals surface area (Å²) in [5, 5.41) is 16.8. The summed E-state index contributed by atoms with van der Waals surface area (Å²) < 4.78 is 22.5. The second kappa shape index (κ2) is 7.16. The van der Waals surface area contributed by atoms with Crippen molar-refractivity contribution >= 4 is 27.2 Å². The average Bonchev–Trinajstić information content (AvgIpc) is 2.33. The van der Waals surface area contributed by atoms with Crippen molar-refractivity contribution in [1.29, 1.82) is 0 Å². The van der Waals surface area contributed by atoms with Crippen LogP contribution < -0.4 is 10.6 Å². The monoisotopic (exact) mass is 317 g/mol. The molecule has 0 radical (unpaired) electrons. The summed E-state index contributed by atoms with van der Waals surface area (Å²) in [7, 11) is -3.19. The van der Waals surface area contributed by atoms with Crippen molar-refractivity contribution in [1.82, 2.24) is 9.97 Å². The lowest BCUT2D eigenvalue weighted by Crippen LogP contribution is -2.26. The van der Waals surface area contributed by atoms with Gasteiger partial charge >= 0.3 is 5.69 Å². The molecule has 1 aromatic heterocycles. The van der Waals surface area contributed by atoms with Gasteiger partial charge in [0.15, 0.2) is 0 Å². The Kier molecular flexibility index (Phi) is 5.82. The van der Waals surface area contributed by atoms with Crippen LogP contribution in [0.1, 0.15) is 20.3 Å². The van der Waals surface area contributed by atoms with E-state index in [9.17, 15) is 18.5 Å². The van der Waals surface area contributed by atoms with Gasteiger partial charge in [0.1, 0.15) is 16.2 Å². The van der Waals surface area contributed by atoms with E-state index in [1.54, 1.807) is 6.92 Å². The topological polar surface area (TPSA) is 127 Å². The summed E-state index contributed by atoms with van der Waals surface area (Å²) in [5.41, 5.74) is -0.286. The highest BCUT2D eigenvalue weighted by Crippen LogP contribution is 2.29. The van der Waals surface area contributed by atoms with E-state index >= 15 is 0 Å². The molecule has 0 saturated heterocycles. The molecule has 0 spiro atoms. The van der Waals surface area contributed by atoms with Crippen molar-refractivity contribution in [3.63, 3.8) is 0 Å².